The Bertz CT molecular complexity index is 251. The molecule has 4 heteroatoms. The lowest BCUT2D eigenvalue weighted by molar-refractivity contribution is -0.127. The molecule has 0 aliphatic carbocycles. The van der Waals surface area contributed by atoms with Gasteiger partial charge < -0.3 is 10.2 Å². The largest absolute Gasteiger partial charge is 0.314 e. The van der Waals surface area contributed by atoms with Gasteiger partial charge in [0.25, 0.3) is 0 Å². The Morgan fingerprint density at radius 3 is 2.56 bits per heavy atom. The molecule has 92 valence electrons. The molecule has 0 aromatic rings. The van der Waals surface area contributed by atoms with Crippen LogP contribution in [-0.2, 0) is 4.79 Å². The van der Waals surface area contributed by atoms with Crippen molar-refractivity contribution < 1.29 is 4.79 Å². The van der Waals surface area contributed by atoms with E-state index in [0.717, 1.165) is 45.7 Å². The molecule has 0 spiro atoms. The second kappa shape index (κ2) is 5.25. The van der Waals surface area contributed by atoms with E-state index < -0.39 is 0 Å². The number of rotatable bonds is 3. The minimum atomic E-state index is 0.110. The van der Waals surface area contributed by atoms with Crippen molar-refractivity contribution in [2.24, 2.45) is 5.92 Å². The normalized spacial score (nSPS) is 30.5. The average molecular weight is 225 g/mol. The first-order chi connectivity index (χ1) is 7.68. The van der Waals surface area contributed by atoms with Gasteiger partial charge in [-0.3, -0.25) is 9.69 Å². The molecule has 16 heavy (non-hydrogen) atoms. The van der Waals surface area contributed by atoms with E-state index in [2.05, 4.69) is 29.1 Å². The lowest BCUT2D eigenvalue weighted by Gasteiger charge is -2.33. The fraction of sp³-hybridized carbons (Fsp3) is 0.917. The molecule has 2 heterocycles. The molecule has 2 unspecified atom stereocenters. The van der Waals surface area contributed by atoms with Crippen LogP contribution in [0.25, 0.3) is 0 Å². The maximum absolute atomic E-state index is 12.3. The van der Waals surface area contributed by atoms with Crippen LogP contribution in [0.2, 0.25) is 0 Å². The highest BCUT2D eigenvalue weighted by Gasteiger charge is 2.32. The summed E-state index contributed by atoms with van der Waals surface area (Å²) in [6, 6.07) is 0.110. The molecule has 0 radical (unpaired) electrons. The smallest absolute Gasteiger partial charge is 0.154 e. The Balaban J connectivity index is 1.88. The fourth-order valence-corrected chi connectivity index (χ4v) is 2.76. The van der Waals surface area contributed by atoms with Gasteiger partial charge in [0.05, 0.1) is 6.04 Å². The summed E-state index contributed by atoms with van der Waals surface area (Å²) >= 11 is 0. The monoisotopic (exact) mass is 225 g/mol. The van der Waals surface area contributed by atoms with E-state index in [4.69, 9.17) is 0 Å². The van der Waals surface area contributed by atoms with Crippen molar-refractivity contribution in [2.45, 2.75) is 19.4 Å². The van der Waals surface area contributed by atoms with Crippen LogP contribution in [0.1, 0.15) is 13.3 Å². The van der Waals surface area contributed by atoms with Crippen molar-refractivity contribution >= 4 is 5.78 Å². The summed E-state index contributed by atoms with van der Waals surface area (Å²) in [5.41, 5.74) is 0. The molecular weight excluding hydrogens is 202 g/mol. The predicted molar refractivity (Wildman–Crippen MR) is 64.5 cm³/mol. The number of hydrogen-bond acceptors (Lipinski definition) is 4. The van der Waals surface area contributed by atoms with Crippen molar-refractivity contribution in [1.82, 2.24) is 15.1 Å². The Kier molecular flexibility index (Phi) is 3.95. The molecule has 0 saturated carbocycles. The van der Waals surface area contributed by atoms with Gasteiger partial charge >= 0.3 is 0 Å². The second-order valence-electron chi connectivity index (χ2n) is 5.11. The van der Waals surface area contributed by atoms with Gasteiger partial charge in [-0.15, -0.1) is 0 Å². The van der Waals surface area contributed by atoms with Gasteiger partial charge in [-0.1, -0.05) is 0 Å². The van der Waals surface area contributed by atoms with Crippen LogP contribution in [0.5, 0.6) is 0 Å². The summed E-state index contributed by atoms with van der Waals surface area (Å²) < 4.78 is 0. The number of carbonyl (C=O) groups excluding carboxylic acids is 1. The van der Waals surface area contributed by atoms with Crippen LogP contribution in [0.3, 0.4) is 0 Å². The van der Waals surface area contributed by atoms with E-state index >= 15 is 0 Å². The third-order valence-corrected chi connectivity index (χ3v) is 3.90. The summed E-state index contributed by atoms with van der Waals surface area (Å²) in [4.78, 5) is 16.9. The first-order valence-electron chi connectivity index (χ1n) is 6.35. The SMILES string of the molecule is CC(C(=O)C1CCN(C)C1)N1CCNCC1. The molecule has 2 aliphatic heterocycles. The molecule has 2 rings (SSSR count). The zero-order valence-electron chi connectivity index (χ0n) is 10.4. The van der Waals surface area contributed by atoms with Crippen LogP contribution in [-0.4, -0.2) is 67.9 Å². The van der Waals surface area contributed by atoms with E-state index in [1.807, 2.05) is 0 Å². The molecule has 1 N–H and O–H groups in total. The summed E-state index contributed by atoms with van der Waals surface area (Å²) in [6.45, 7) is 8.15. The highest BCUT2D eigenvalue weighted by molar-refractivity contribution is 5.86. The lowest BCUT2D eigenvalue weighted by Crippen LogP contribution is -2.51. The predicted octanol–water partition coefficient (Wildman–Crippen LogP) is -0.199. The minimum Gasteiger partial charge on any atom is -0.314 e. The quantitative estimate of drug-likeness (QED) is 0.721. The highest BCUT2D eigenvalue weighted by Crippen LogP contribution is 2.19. The molecular formula is C12H23N3O. The van der Waals surface area contributed by atoms with Gasteiger partial charge in [-0.05, 0) is 26.9 Å². The first-order valence-corrected chi connectivity index (χ1v) is 6.35. The topological polar surface area (TPSA) is 35.6 Å². The summed E-state index contributed by atoms with van der Waals surface area (Å²) in [5, 5.41) is 3.32. The summed E-state index contributed by atoms with van der Waals surface area (Å²) in [7, 11) is 2.10. The fourth-order valence-electron chi connectivity index (χ4n) is 2.76. The van der Waals surface area contributed by atoms with E-state index in [1.54, 1.807) is 0 Å². The Morgan fingerprint density at radius 2 is 2.00 bits per heavy atom. The number of Topliss-reactive ketones (excluding diaryl/α,β-unsaturated/α-hetero) is 1. The van der Waals surface area contributed by atoms with Gasteiger partial charge in [0.2, 0.25) is 0 Å². The Labute approximate surface area is 98.0 Å². The van der Waals surface area contributed by atoms with Crippen LogP contribution in [0, 0.1) is 5.92 Å². The number of hydrogen-bond donors (Lipinski definition) is 1. The van der Waals surface area contributed by atoms with Crippen LogP contribution < -0.4 is 5.32 Å². The summed E-state index contributed by atoms with van der Waals surface area (Å²) in [6.07, 6.45) is 1.05. The number of piperazine rings is 1. The van der Waals surface area contributed by atoms with Crippen LogP contribution >= 0.6 is 0 Å². The maximum atomic E-state index is 12.3. The third-order valence-electron chi connectivity index (χ3n) is 3.90. The van der Waals surface area contributed by atoms with Gasteiger partial charge in [0.15, 0.2) is 5.78 Å². The molecule has 0 bridgehead atoms. The number of nitrogens with zero attached hydrogens (tertiary/aromatic N) is 2. The number of ketones is 1. The van der Waals surface area contributed by atoms with Gasteiger partial charge in [0, 0.05) is 38.6 Å². The minimum absolute atomic E-state index is 0.110. The first kappa shape index (κ1) is 12.0. The van der Waals surface area contributed by atoms with Crippen molar-refractivity contribution in [1.29, 1.82) is 0 Å². The van der Waals surface area contributed by atoms with E-state index in [9.17, 15) is 4.79 Å². The number of carbonyl (C=O) groups is 1. The molecule has 2 atom stereocenters. The average Bonchev–Trinajstić information content (AvgIpc) is 2.75. The maximum Gasteiger partial charge on any atom is 0.154 e. The van der Waals surface area contributed by atoms with Crippen molar-refractivity contribution in [3.8, 4) is 0 Å². The molecule has 2 fully saturated rings. The highest BCUT2D eigenvalue weighted by atomic mass is 16.1. The third kappa shape index (κ3) is 2.62. The van der Waals surface area contributed by atoms with Crippen molar-refractivity contribution in [3.63, 3.8) is 0 Å². The second-order valence-corrected chi connectivity index (χ2v) is 5.11. The zero-order chi connectivity index (χ0) is 11.5. The van der Waals surface area contributed by atoms with Gasteiger partial charge in [-0.2, -0.15) is 0 Å². The van der Waals surface area contributed by atoms with Crippen LogP contribution in [0.15, 0.2) is 0 Å². The molecule has 0 aromatic heterocycles. The molecule has 2 aliphatic rings. The molecule has 0 aromatic carbocycles. The molecule has 0 amide bonds. The van der Waals surface area contributed by atoms with Gasteiger partial charge in [-0.25, -0.2) is 0 Å². The number of nitrogens with one attached hydrogen (secondary N) is 1. The van der Waals surface area contributed by atoms with Crippen molar-refractivity contribution in [2.75, 3.05) is 46.3 Å². The van der Waals surface area contributed by atoms with Crippen molar-refractivity contribution in [3.05, 3.63) is 0 Å². The number of likely N-dealkylation sites (tertiary alicyclic amines) is 1. The molecule has 4 nitrogen and oxygen atoms in total. The van der Waals surface area contributed by atoms with E-state index in [0.29, 0.717) is 5.78 Å². The Hall–Kier alpha value is -0.450. The van der Waals surface area contributed by atoms with Gasteiger partial charge in [0.1, 0.15) is 0 Å². The lowest BCUT2D eigenvalue weighted by atomic mass is 9.97. The van der Waals surface area contributed by atoms with Crippen LogP contribution in [0.4, 0.5) is 0 Å². The van der Waals surface area contributed by atoms with E-state index in [1.165, 1.54) is 0 Å². The Morgan fingerprint density at radius 1 is 1.31 bits per heavy atom. The zero-order valence-corrected chi connectivity index (χ0v) is 10.4. The molecule has 2 saturated heterocycles. The standard InChI is InChI=1S/C12H23N3O/c1-10(15-7-4-13-5-8-15)12(16)11-3-6-14(2)9-11/h10-11,13H,3-9H2,1-2H3. The summed E-state index contributed by atoms with van der Waals surface area (Å²) in [5.74, 6) is 0.723. The van der Waals surface area contributed by atoms with E-state index in [-0.39, 0.29) is 12.0 Å².